The van der Waals surface area contributed by atoms with Gasteiger partial charge in [0.2, 0.25) is 0 Å². The highest BCUT2D eigenvalue weighted by atomic mass is 35.5. The van der Waals surface area contributed by atoms with Crippen LogP contribution in [0.2, 0.25) is 5.15 Å². The van der Waals surface area contributed by atoms with E-state index in [-0.39, 0.29) is 6.04 Å². The average molecular weight is 224 g/mol. The van der Waals surface area contributed by atoms with Gasteiger partial charge < -0.3 is 5.73 Å². The predicted octanol–water partition coefficient (Wildman–Crippen LogP) is 1.34. The summed E-state index contributed by atoms with van der Waals surface area (Å²) in [6.45, 7) is 1.84. The lowest BCUT2D eigenvalue weighted by molar-refractivity contribution is 0.700. The van der Waals surface area contributed by atoms with Crippen LogP contribution in [0.5, 0.6) is 0 Å². The molecule has 2 N–H and O–H groups in total. The van der Waals surface area contributed by atoms with E-state index < -0.39 is 0 Å². The zero-order chi connectivity index (χ0) is 10.8. The lowest BCUT2D eigenvalue weighted by Gasteiger charge is -2.10. The van der Waals surface area contributed by atoms with E-state index in [4.69, 9.17) is 17.3 Å². The van der Waals surface area contributed by atoms with Crippen LogP contribution in [0.4, 0.5) is 0 Å². The summed E-state index contributed by atoms with van der Waals surface area (Å²) in [6.07, 6.45) is 3.19. The van der Waals surface area contributed by atoms with Gasteiger partial charge in [0, 0.05) is 6.04 Å². The molecule has 2 aromatic heterocycles. The SMILES string of the molecule is CC(N)c1nc(Cl)ccc1-n1nccn1. The second-order valence-electron chi connectivity index (χ2n) is 3.15. The molecule has 2 rings (SSSR count). The van der Waals surface area contributed by atoms with Gasteiger partial charge in [-0.1, -0.05) is 11.6 Å². The van der Waals surface area contributed by atoms with Crippen molar-refractivity contribution in [1.29, 1.82) is 0 Å². The van der Waals surface area contributed by atoms with Crippen molar-refractivity contribution in [2.75, 3.05) is 0 Å². The van der Waals surface area contributed by atoms with Gasteiger partial charge in [0.05, 0.1) is 18.1 Å². The Morgan fingerprint density at radius 1 is 1.33 bits per heavy atom. The van der Waals surface area contributed by atoms with E-state index in [2.05, 4.69) is 15.2 Å². The van der Waals surface area contributed by atoms with Crippen LogP contribution in [0.25, 0.3) is 5.69 Å². The van der Waals surface area contributed by atoms with Gasteiger partial charge in [-0.3, -0.25) is 0 Å². The summed E-state index contributed by atoms with van der Waals surface area (Å²) in [5.41, 5.74) is 7.23. The first-order chi connectivity index (χ1) is 7.18. The van der Waals surface area contributed by atoms with Crippen LogP contribution < -0.4 is 5.73 Å². The number of hydrogen-bond acceptors (Lipinski definition) is 4. The lowest BCUT2D eigenvalue weighted by Crippen LogP contribution is -2.13. The summed E-state index contributed by atoms with van der Waals surface area (Å²) >= 11 is 5.81. The van der Waals surface area contributed by atoms with Crippen LogP contribution in [0, 0.1) is 0 Å². The Hall–Kier alpha value is -1.46. The predicted molar refractivity (Wildman–Crippen MR) is 56.8 cm³/mol. The minimum atomic E-state index is -0.218. The molecule has 0 aliphatic carbocycles. The number of aromatic nitrogens is 4. The van der Waals surface area contributed by atoms with Crippen molar-refractivity contribution in [3.05, 3.63) is 35.4 Å². The molecule has 0 radical (unpaired) electrons. The second kappa shape index (κ2) is 3.96. The maximum Gasteiger partial charge on any atom is 0.129 e. The van der Waals surface area contributed by atoms with Crippen LogP contribution in [-0.2, 0) is 0 Å². The maximum atomic E-state index is 5.81. The topological polar surface area (TPSA) is 69.6 Å². The summed E-state index contributed by atoms with van der Waals surface area (Å²) < 4.78 is 0. The molecule has 2 aromatic rings. The molecule has 6 heteroatoms. The Kier molecular flexibility index (Phi) is 2.66. The molecule has 0 fully saturated rings. The Morgan fingerprint density at radius 2 is 2.00 bits per heavy atom. The molecule has 0 bridgehead atoms. The van der Waals surface area contributed by atoms with Crippen molar-refractivity contribution in [2.24, 2.45) is 5.73 Å². The number of nitrogens with zero attached hydrogens (tertiary/aromatic N) is 4. The summed E-state index contributed by atoms with van der Waals surface area (Å²) in [5.74, 6) is 0. The Balaban J connectivity index is 2.56. The Morgan fingerprint density at radius 3 is 2.60 bits per heavy atom. The standard InChI is InChI=1S/C9H10ClN5/c1-6(11)9-7(2-3-8(10)14-9)15-12-4-5-13-15/h2-6H,11H2,1H3. The normalized spacial score (nSPS) is 12.7. The van der Waals surface area contributed by atoms with Crippen molar-refractivity contribution < 1.29 is 0 Å². The smallest absolute Gasteiger partial charge is 0.129 e. The molecule has 0 amide bonds. The maximum absolute atomic E-state index is 5.81. The number of halogens is 1. The number of nitrogens with two attached hydrogens (primary N) is 1. The van der Waals surface area contributed by atoms with E-state index in [1.54, 1.807) is 24.5 Å². The van der Waals surface area contributed by atoms with Gasteiger partial charge in [0.1, 0.15) is 10.8 Å². The Bertz CT molecular complexity index is 452. The molecule has 1 atom stereocenters. The van der Waals surface area contributed by atoms with Crippen LogP contribution in [0.1, 0.15) is 18.7 Å². The minimum absolute atomic E-state index is 0.218. The van der Waals surface area contributed by atoms with Gasteiger partial charge in [-0.2, -0.15) is 10.2 Å². The van der Waals surface area contributed by atoms with Crippen molar-refractivity contribution in [2.45, 2.75) is 13.0 Å². The first-order valence-corrected chi connectivity index (χ1v) is 4.85. The highest BCUT2D eigenvalue weighted by Gasteiger charge is 2.11. The molecular weight excluding hydrogens is 214 g/mol. The first kappa shape index (κ1) is 10.1. The third kappa shape index (κ3) is 1.98. The molecule has 5 nitrogen and oxygen atoms in total. The quantitative estimate of drug-likeness (QED) is 0.780. The van der Waals surface area contributed by atoms with E-state index in [1.165, 1.54) is 4.80 Å². The van der Waals surface area contributed by atoms with Crippen LogP contribution >= 0.6 is 11.6 Å². The van der Waals surface area contributed by atoms with Gasteiger partial charge in [0.25, 0.3) is 0 Å². The summed E-state index contributed by atoms with van der Waals surface area (Å²) in [4.78, 5) is 5.64. The summed E-state index contributed by atoms with van der Waals surface area (Å²) in [6, 6.07) is 3.27. The third-order valence-electron chi connectivity index (χ3n) is 1.93. The van der Waals surface area contributed by atoms with Crippen LogP contribution in [0.15, 0.2) is 24.5 Å². The third-order valence-corrected chi connectivity index (χ3v) is 2.14. The van der Waals surface area contributed by atoms with Crippen molar-refractivity contribution in [3.8, 4) is 5.69 Å². The van der Waals surface area contributed by atoms with Gasteiger partial charge in [-0.25, -0.2) is 4.98 Å². The van der Waals surface area contributed by atoms with Crippen molar-refractivity contribution >= 4 is 11.6 Å². The molecule has 0 saturated heterocycles. The number of rotatable bonds is 2. The van der Waals surface area contributed by atoms with Gasteiger partial charge in [-0.05, 0) is 19.1 Å². The highest BCUT2D eigenvalue weighted by Crippen LogP contribution is 2.19. The molecule has 78 valence electrons. The molecule has 0 saturated carbocycles. The number of pyridine rings is 1. The fourth-order valence-corrected chi connectivity index (χ4v) is 1.44. The molecule has 2 heterocycles. The summed E-state index contributed by atoms with van der Waals surface area (Å²) in [5, 5.41) is 8.47. The molecule has 15 heavy (non-hydrogen) atoms. The summed E-state index contributed by atoms with van der Waals surface area (Å²) in [7, 11) is 0. The molecule has 1 unspecified atom stereocenters. The van der Waals surface area contributed by atoms with E-state index in [0.717, 1.165) is 5.69 Å². The highest BCUT2D eigenvalue weighted by molar-refractivity contribution is 6.29. The first-order valence-electron chi connectivity index (χ1n) is 4.47. The van der Waals surface area contributed by atoms with Gasteiger partial charge in [0.15, 0.2) is 0 Å². The molecule has 0 spiro atoms. The van der Waals surface area contributed by atoms with E-state index in [1.807, 2.05) is 6.92 Å². The van der Waals surface area contributed by atoms with Gasteiger partial charge >= 0.3 is 0 Å². The van der Waals surface area contributed by atoms with E-state index in [9.17, 15) is 0 Å². The Labute approximate surface area is 91.9 Å². The van der Waals surface area contributed by atoms with Gasteiger partial charge in [-0.15, -0.1) is 4.80 Å². The average Bonchev–Trinajstić information content (AvgIpc) is 2.70. The minimum Gasteiger partial charge on any atom is -0.323 e. The molecule has 0 aliphatic rings. The van der Waals surface area contributed by atoms with Crippen molar-refractivity contribution in [3.63, 3.8) is 0 Å². The van der Waals surface area contributed by atoms with E-state index in [0.29, 0.717) is 10.8 Å². The molecule has 0 aliphatic heterocycles. The van der Waals surface area contributed by atoms with Crippen molar-refractivity contribution in [1.82, 2.24) is 20.0 Å². The van der Waals surface area contributed by atoms with Crippen LogP contribution in [-0.4, -0.2) is 20.0 Å². The fourth-order valence-electron chi connectivity index (χ4n) is 1.29. The number of hydrogen-bond donors (Lipinski definition) is 1. The lowest BCUT2D eigenvalue weighted by atomic mass is 10.2. The zero-order valence-electron chi connectivity index (χ0n) is 8.13. The van der Waals surface area contributed by atoms with Crippen LogP contribution in [0.3, 0.4) is 0 Å². The second-order valence-corrected chi connectivity index (χ2v) is 3.53. The zero-order valence-corrected chi connectivity index (χ0v) is 8.89. The molecule has 0 aromatic carbocycles. The van der Waals surface area contributed by atoms with E-state index >= 15 is 0 Å². The monoisotopic (exact) mass is 223 g/mol. The largest absolute Gasteiger partial charge is 0.323 e. The molecular formula is C9H10ClN5. The fraction of sp³-hybridized carbons (Fsp3) is 0.222.